The lowest BCUT2D eigenvalue weighted by Gasteiger charge is -2.29. The summed E-state index contributed by atoms with van der Waals surface area (Å²) in [5, 5.41) is 5.73. The molecule has 2 aromatic rings. The van der Waals surface area contributed by atoms with E-state index in [4.69, 9.17) is 4.52 Å². The first-order valence-electron chi connectivity index (χ1n) is 6.87. The number of aromatic amines is 1. The molecule has 4 nitrogen and oxygen atoms in total. The number of hydrogen-bond donors (Lipinski definition) is 2. The van der Waals surface area contributed by atoms with Crippen LogP contribution in [0.4, 0.5) is 4.39 Å². The maximum absolute atomic E-state index is 13.7. The second kappa shape index (κ2) is 5.63. The predicted molar refractivity (Wildman–Crippen MR) is 73.2 cm³/mol. The smallest absolute Gasteiger partial charge is 0.280 e. The molecule has 0 aliphatic carbocycles. The van der Waals surface area contributed by atoms with Gasteiger partial charge in [-0.05, 0) is 37.4 Å². The molecule has 0 unspecified atom stereocenters. The second-order valence-electron chi connectivity index (χ2n) is 5.28. The summed E-state index contributed by atoms with van der Waals surface area (Å²) >= 11 is 0. The molecule has 2 heterocycles. The topological polar surface area (TPSA) is 58.0 Å². The fourth-order valence-electron chi connectivity index (χ4n) is 2.85. The molecule has 106 valence electrons. The molecule has 1 aromatic heterocycles. The number of halogens is 1. The number of benzene rings is 1. The van der Waals surface area contributed by atoms with Gasteiger partial charge in [0.05, 0.1) is 0 Å². The highest BCUT2D eigenvalue weighted by Gasteiger charge is 2.26. The predicted octanol–water partition coefficient (Wildman–Crippen LogP) is 2.19. The molecule has 2 atom stereocenters. The second-order valence-corrected chi connectivity index (χ2v) is 5.28. The first kappa shape index (κ1) is 13.1. The first-order chi connectivity index (χ1) is 9.72. The highest BCUT2D eigenvalue weighted by Crippen LogP contribution is 2.28. The molecule has 2 N–H and O–H groups in total. The fraction of sp³-hybridized carbons (Fsp3) is 0.400. The average molecular weight is 276 g/mol. The van der Waals surface area contributed by atoms with Gasteiger partial charge >= 0.3 is 0 Å². The zero-order valence-corrected chi connectivity index (χ0v) is 11.1. The van der Waals surface area contributed by atoms with E-state index in [-0.39, 0.29) is 23.3 Å². The zero-order chi connectivity index (χ0) is 13.9. The van der Waals surface area contributed by atoms with E-state index in [0.717, 1.165) is 24.9 Å². The molecule has 0 saturated carbocycles. The van der Waals surface area contributed by atoms with E-state index in [1.807, 2.05) is 12.1 Å². The molecule has 1 saturated heterocycles. The van der Waals surface area contributed by atoms with Crippen molar-refractivity contribution < 1.29 is 8.91 Å². The van der Waals surface area contributed by atoms with Crippen LogP contribution in [0.25, 0.3) is 0 Å². The normalized spacial score (nSPS) is 22.9. The summed E-state index contributed by atoms with van der Waals surface area (Å²) in [5.74, 6) is 0.756. The molecular formula is C15H17FN2O2. The van der Waals surface area contributed by atoms with Gasteiger partial charge in [0.1, 0.15) is 11.6 Å². The molecule has 0 spiro atoms. The van der Waals surface area contributed by atoms with Crippen LogP contribution in [-0.4, -0.2) is 17.7 Å². The minimum atomic E-state index is -0.204. The minimum absolute atomic E-state index is 0.162. The van der Waals surface area contributed by atoms with E-state index in [0.29, 0.717) is 12.2 Å². The third kappa shape index (κ3) is 2.82. The van der Waals surface area contributed by atoms with E-state index in [1.54, 1.807) is 6.07 Å². The number of hydrogen-bond acceptors (Lipinski definition) is 3. The molecule has 0 radical (unpaired) electrons. The quantitative estimate of drug-likeness (QED) is 0.903. The van der Waals surface area contributed by atoms with E-state index in [1.165, 1.54) is 12.1 Å². The Labute approximate surface area is 116 Å². The van der Waals surface area contributed by atoms with Gasteiger partial charge in [0.15, 0.2) is 0 Å². The van der Waals surface area contributed by atoms with Gasteiger partial charge < -0.3 is 9.84 Å². The van der Waals surface area contributed by atoms with Gasteiger partial charge in [-0.1, -0.05) is 18.2 Å². The summed E-state index contributed by atoms with van der Waals surface area (Å²) in [4.78, 5) is 11.1. The molecule has 1 fully saturated rings. The maximum Gasteiger partial charge on any atom is 0.280 e. The standard InChI is InChI=1S/C15H17FN2O2/c16-13-4-2-1-3-10(13)7-12-8-11(5-6-17-12)14-9-15(19)18-20-14/h1-4,9,11-12,17H,5-8H2,(H,18,19)/t11-,12+/m0/s1. The molecular weight excluding hydrogens is 259 g/mol. The summed E-state index contributed by atoms with van der Waals surface area (Å²) in [6.07, 6.45) is 2.42. The van der Waals surface area contributed by atoms with Crippen LogP contribution in [0, 0.1) is 5.82 Å². The number of piperidine rings is 1. The van der Waals surface area contributed by atoms with Crippen LogP contribution in [-0.2, 0) is 6.42 Å². The Kier molecular flexibility index (Phi) is 3.69. The van der Waals surface area contributed by atoms with Crippen LogP contribution in [0.1, 0.15) is 30.1 Å². The Morgan fingerprint density at radius 1 is 1.35 bits per heavy atom. The SMILES string of the molecule is O=c1cc([C@H]2CCN[C@H](Cc3ccccc3F)C2)o[nH]1. The van der Waals surface area contributed by atoms with Crippen molar-refractivity contribution >= 4 is 0 Å². The van der Waals surface area contributed by atoms with Crippen molar-refractivity contribution in [3.05, 3.63) is 57.8 Å². The van der Waals surface area contributed by atoms with Crippen molar-refractivity contribution in [3.63, 3.8) is 0 Å². The maximum atomic E-state index is 13.7. The van der Waals surface area contributed by atoms with Gasteiger partial charge in [-0.25, -0.2) is 4.39 Å². The van der Waals surface area contributed by atoms with E-state index >= 15 is 0 Å². The number of nitrogens with one attached hydrogen (secondary N) is 2. The summed E-state index contributed by atoms with van der Waals surface area (Å²) in [5.41, 5.74) is 0.519. The molecule has 1 aliphatic rings. The lowest BCUT2D eigenvalue weighted by atomic mass is 9.87. The van der Waals surface area contributed by atoms with Crippen LogP contribution < -0.4 is 10.9 Å². The first-order valence-corrected chi connectivity index (χ1v) is 6.87. The van der Waals surface area contributed by atoms with E-state index < -0.39 is 0 Å². The van der Waals surface area contributed by atoms with Crippen molar-refractivity contribution in [2.75, 3.05) is 6.54 Å². The highest BCUT2D eigenvalue weighted by molar-refractivity contribution is 5.19. The summed E-state index contributed by atoms with van der Waals surface area (Å²) in [7, 11) is 0. The number of H-pyrrole nitrogens is 1. The van der Waals surface area contributed by atoms with Crippen molar-refractivity contribution in [1.29, 1.82) is 0 Å². The van der Waals surface area contributed by atoms with E-state index in [2.05, 4.69) is 10.5 Å². The largest absolute Gasteiger partial charge is 0.383 e. The van der Waals surface area contributed by atoms with Gasteiger partial charge in [-0.15, -0.1) is 0 Å². The van der Waals surface area contributed by atoms with Gasteiger partial charge in [0.25, 0.3) is 5.56 Å². The van der Waals surface area contributed by atoms with Gasteiger partial charge in [0.2, 0.25) is 0 Å². The van der Waals surface area contributed by atoms with Crippen LogP contribution in [0.15, 0.2) is 39.6 Å². The molecule has 0 bridgehead atoms. The molecule has 1 aliphatic heterocycles. The lowest BCUT2D eigenvalue weighted by molar-refractivity contribution is 0.291. The third-order valence-corrected chi connectivity index (χ3v) is 3.86. The minimum Gasteiger partial charge on any atom is -0.383 e. The van der Waals surface area contributed by atoms with Crippen LogP contribution in [0.3, 0.4) is 0 Å². The van der Waals surface area contributed by atoms with Gasteiger partial charge in [-0.2, -0.15) is 5.16 Å². The molecule has 0 amide bonds. The Hall–Kier alpha value is -1.88. The van der Waals surface area contributed by atoms with Crippen molar-refractivity contribution in [2.24, 2.45) is 0 Å². The van der Waals surface area contributed by atoms with Crippen molar-refractivity contribution in [3.8, 4) is 0 Å². The summed E-state index contributed by atoms with van der Waals surface area (Å²) in [6.45, 7) is 0.846. The molecule has 5 heteroatoms. The van der Waals surface area contributed by atoms with Crippen LogP contribution >= 0.6 is 0 Å². The lowest BCUT2D eigenvalue weighted by Crippen LogP contribution is -2.38. The Morgan fingerprint density at radius 3 is 2.95 bits per heavy atom. The van der Waals surface area contributed by atoms with Crippen molar-refractivity contribution in [2.45, 2.75) is 31.2 Å². The number of rotatable bonds is 3. The zero-order valence-electron chi connectivity index (χ0n) is 11.1. The molecule has 1 aromatic carbocycles. The highest BCUT2D eigenvalue weighted by atomic mass is 19.1. The Morgan fingerprint density at radius 2 is 2.20 bits per heavy atom. The number of aromatic nitrogens is 1. The Bertz CT molecular complexity index is 635. The Balaban J connectivity index is 1.69. The van der Waals surface area contributed by atoms with Gasteiger partial charge in [0, 0.05) is 18.0 Å². The average Bonchev–Trinajstić information content (AvgIpc) is 2.89. The third-order valence-electron chi connectivity index (χ3n) is 3.86. The summed E-state index contributed by atoms with van der Waals surface area (Å²) in [6, 6.07) is 8.56. The van der Waals surface area contributed by atoms with Crippen LogP contribution in [0.5, 0.6) is 0 Å². The molecule has 20 heavy (non-hydrogen) atoms. The van der Waals surface area contributed by atoms with Crippen LogP contribution in [0.2, 0.25) is 0 Å². The van der Waals surface area contributed by atoms with E-state index in [9.17, 15) is 9.18 Å². The van der Waals surface area contributed by atoms with Crippen molar-refractivity contribution in [1.82, 2.24) is 10.5 Å². The monoisotopic (exact) mass is 276 g/mol. The summed E-state index contributed by atoms with van der Waals surface area (Å²) < 4.78 is 18.9. The van der Waals surface area contributed by atoms with Gasteiger partial charge in [-0.3, -0.25) is 4.79 Å². The fourth-order valence-corrected chi connectivity index (χ4v) is 2.85. The molecule has 3 rings (SSSR count).